The average molecular weight is 435 g/mol. The molecule has 1 aliphatic rings. The minimum Gasteiger partial charge on any atom is -0.487 e. The highest BCUT2D eigenvalue weighted by Gasteiger charge is 2.17. The highest BCUT2D eigenvalue weighted by Crippen LogP contribution is 2.24. The third-order valence-corrected chi connectivity index (χ3v) is 5.48. The molecule has 2 atom stereocenters. The fraction of sp³-hybridized carbons (Fsp3) is 0.571. The van der Waals surface area contributed by atoms with Crippen LogP contribution in [-0.4, -0.2) is 52.6 Å². The number of aromatic nitrogens is 3. The number of guanidine groups is 1. The van der Waals surface area contributed by atoms with Crippen LogP contribution in [0.1, 0.15) is 37.8 Å². The Morgan fingerprint density at radius 3 is 2.87 bits per heavy atom. The Hall–Kier alpha value is -2.32. The molecule has 0 spiro atoms. The number of aliphatic imine (C=N–C) groups is 1. The Balaban J connectivity index is 1.61. The van der Waals surface area contributed by atoms with Gasteiger partial charge in [-0.05, 0) is 38.3 Å². The molecule has 2 N–H and O–H groups in total. The van der Waals surface area contributed by atoms with Crippen LogP contribution in [0.4, 0.5) is 0 Å². The number of para-hydroxylation sites is 1. The Morgan fingerprint density at radius 2 is 2.20 bits per heavy atom. The first-order valence-electron chi connectivity index (χ1n) is 10.5. The molecule has 3 rings (SSSR count). The summed E-state index contributed by atoms with van der Waals surface area (Å²) in [5, 5.41) is 15.7. The summed E-state index contributed by atoms with van der Waals surface area (Å²) < 4.78 is 13.7. The smallest absolute Gasteiger partial charge is 0.191 e. The van der Waals surface area contributed by atoms with E-state index in [0.29, 0.717) is 36.4 Å². The SMILES string of the molecule is CCC(CNC(=NCc1nnc(C)n1C)NCC1CCCO1)Oc1ccccc1Cl. The van der Waals surface area contributed by atoms with Crippen LogP contribution in [0, 0.1) is 6.92 Å². The summed E-state index contributed by atoms with van der Waals surface area (Å²) in [6.45, 7) is 6.58. The largest absolute Gasteiger partial charge is 0.487 e. The van der Waals surface area contributed by atoms with Crippen molar-refractivity contribution in [3.8, 4) is 5.75 Å². The molecule has 1 aromatic heterocycles. The Bertz CT molecular complexity index is 835. The van der Waals surface area contributed by atoms with Crippen molar-refractivity contribution in [1.82, 2.24) is 25.4 Å². The zero-order valence-corrected chi connectivity index (χ0v) is 18.7. The normalized spacial score (nSPS) is 17.7. The second-order valence-corrected chi connectivity index (χ2v) is 7.77. The fourth-order valence-electron chi connectivity index (χ4n) is 3.13. The molecular formula is C21H31ClN6O2. The lowest BCUT2D eigenvalue weighted by Crippen LogP contribution is -2.44. The molecule has 0 radical (unpaired) electrons. The monoisotopic (exact) mass is 434 g/mol. The van der Waals surface area contributed by atoms with E-state index in [1.807, 2.05) is 42.8 Å². The molecule has 9 heteroatoms. The van der Waals surface area contributed by atoms with E-state index in [1.165, 1.54) is 0 Å². The quantitative estimate of drug-likeness (QED) is 0.466. The van der Waals surface area contributed by atoms with Crippen LogP contribution in [0.15, 0.2) is 29.3 Å². The maximum Gasteiger partial charge on any atom is 0.191 e. The van der Waals surface area contributed by atoms with Crippen molar-refractivity contribution in [2.75, 3.05) is 19.7 Å². The third-order valence-electron chi connectivity index (χ3n) is 5.17. The van der Waals surface area contributed by atoms with Crippen LogP contribution in [0.2, 0.25) is 5.02 Å². The number of benzene rings is 1. The van der Waals surface area contributed by atoms with Gasteiger partial charge in [-0.15, -0.1) is 10.2 Å². The van der Waals surface area contributed by atoms with Gasteiger partial charge in [0.2, 0.25) is 0 Å². The Kier molecular flexibility index (Phi) is 8.33. The summed E-state index contributed by atoms with van der Waals surface area (Å²) in [5.41, 5.74) is 0. The first-order valence-corrected chi connectivity index (χ1v) is 10.8. The van der Waals surface area contributed by atoms with E-state index in [4.69, 9.17) is 26.1 Å². The highest BCUT2D eigenvalue weighted by atomic mass is 35.5. The zero-order chi connectivity index (χ0) is 21.3. The average Bonchev–Trinajstić information content (AvgIpc) is 3.38. The summed E-state index contributed by atoms with van der Waals surface area (Å²) in [7, 11) is 1.94. The second kappa shape index (κ2) is 11.2. The Labute approximate surface area is 183 Å². The van der Waals surface area contributed by atoms with E-state index in [2.05, 4.69) is 27.8 Å². The van der Waals surface area contributed by atoms with Gasteiger partial charge in [-0.1, -0.05) is 30.7 Å². The van der Waals surface area contributed by atoms with Crippen molar-refractivity contribution in [2.45, 2.75) is 51.9 Å². The van der Waals surface area contributed by atoms with Crippen LogP contribution in [0.5, 0.6) is 5.75 Å². The molecule has 2 heterocycles. The van der Waals surface area contributed by atoms with Gasteiger partial charge in [-0.3, -0.25) is 0 Å². The number of ether oxygens (including phenoxy) is 2. The number of nitrogens with one attached hydrogen (secondary N) is 2. The van der Waals surface area contributed by atoms with Gasteiger partial charge < -0.3 is 24.7 Å². The maximum atomic E-state index is 6.23. The first-order chi connectivity index (χ1) is 14.6. The number of hydrogen-bond donors (Lipinski definition) is 2. The van der Waals surface area contributed by atoms with Crippen LogP contribution in [0.3, 0.4) is 0 Å². The highest BCUT2D eigenvalue weighted by molar-refractivity contribution is 6.32. The molecule has 8 nitrogen and oxygen atoms in total. The molecule has 0 saturated carbocycles. The lowest BCUT2D eigenvalue weighted by molar-refractivity contribution is 0.113. The minimum absolute atomic E-state index is 0.0447. The van der Waals surface area contributed by atoms with Gasteiger partial charge in [0.25, 0.3) is 0 Å². The van der Waals surface area contributed by atoms with Crippen LogP contribution in [-0.2, 0) is 18.3 Å². The number of rotatable bonds is 9. The van der Waals surface area contributed by atoms with Gasteiger partial charge in [-0.25, -0.2) is 4.99 Å². The molecule has 1 fully saturated rings. The lowest BCUT2D eigenvalue weighted by atomic mass is 10.2. The third kappa shape index (κ3) is 6.34. The molecule has 2 aromatic rings. The van der Waals surface area contributed by atoms with Crippen molar-refractivity contribution < 1.29 is 9.47 Å². The fourth-order valence-corrected chi connectivity index (χ4v) is 3.31. The van der Waals surface area contributed by atoms with Gasteiger partial charge in [0.05, 0.1) is 17.7 Å². The Morgan fingerprint density at radius 1 is 1.37 bits per heavy atom. The van der Waals surface area contributed by atoms with Crippen molar-refractivity contribution >= 4 is 17.6 Å². The van der Waals surface area contributed by atoms with Crippen molar-refractivity contribution in [1.29, 1.82) is 0 Å². The van der Waals surface area contributed by atoms with Crippen LogP contribution < -0.4 is 15.4 Å². The zero-order valence-electron chi connectivity index (χ0n) is 17.9. The van der Waals surface area contributed by atoms with E-state index in [1.54, 1.807) is 0 Å². The minimum atomic E-state index is -0.0447. The van der Waals surface area contributed by atoms with Gasteiger partial charge in [0.15, 0.2) is 11.8 Å². The van der Waals surface area contributed by atoms with Gasteiger partial charge in [0, 0.05) is 20.2 Å². The predicted octanol–water partition coefficient (Wildman–Crippen LogP) is 2.85. The van der Waals surface area contributed by atoms with Gasteiger partial charge in [0.1, 0.15) is 24.2 Å². The molecule has 0 bridgehead atoms. The van der Waals surface area contributed by atoms with Crippen LogP contribution in [0.25, 0.3) is 0 Å². The molecule has 1 saturated heterocycles. The molecular weight excluding hydrogens is 404 g/mol. The predicted molar refractivity (Wildman–Crippen MR) is 118 cm³/mol. The summed E-state index contributed by atoms with van der Waals surface area (Å²) in [4.78, 5) is 4.69. The molecule has 30 heavy (non-hydrogen) atoms. The van der Waals surface area contributed by atoms with Gasteiger partial charge in [-0.2, -0.15) is 0 Å². The molecule has 1 aromatic carbocycles. The number of nitrogens with zero attached hydrogens (tertiary/aromatic N) is 4. The lowest BCUT2D eigenvalue weighted by Gasteiger charge is -2.21. The summed E-state index contributed by atoms with van der Waals surface area (Å²) in [5.74, 6) is 3.06. The van der Waals surface area contributed by atoms with E-state index in [0.717, 1.165) is 37.5 Å². The first kappa shape index (κ1) is 22.4. The molecule has 0 amide bonds. The van der Waals surface area contributed by atoms with Crippen molar-refractivity contribution in [3.63, 3.8) is 0 Å². The summed E-state index contributed by atoms with van der Waals surface area (Å²) >= 11 is 6.23. The molecule has 1 aliphatic heterocycles. The molecule has 0 aliphatic carbocycles. The number of halogens is 1. The number of aryl methyl sites for hydroxylation is 1. The van der Waals surface area contributed by atoms with E-state index < -0.39 is 0 Å². The topological polar surface area (TPSA) is 85.6 Å². The van der Waals surface area contributed by atoms with Crippen molar-refractivity contribution in [3.05, 3.63) is 40.9 Å². The standard InChI is InChI=1S/C21H31ClN6O2/c1-4-16(30-19-10-6-5-9-18(19)22)12-23-21(24-13-17-8-7-11-29-17)25-14-20-27-26-15(2)28(20)3/h5-6,9-10,16-17H,4,7-8,11-14H2,1-3H3,(H2,23,24,25). The van der Waals surface area contributed by atoms with E-state index in [9.17, 15) is 0 Å². The molecule has 164 valence electrons. The second-order valence-electron chi connectivity index (χ2n) is 7.36. The van der Waals surface area contributed by atoms with Crippen LogP contribution >= 0.6 is 11.6 Å². The van der Waals surface area contributed by atoms with Crippen molar-refractivity contribution in [2.24, 2.45) is 12.0 Å². The number of hydrogen-bond acceptors (Lipinski definition) is 5. The van der Waals surface area contributed by atoms with E-state index in [-0.39, 0.29) is 12.2 Å². The summed E-state index contributed by atoms with van der Waals surface area (Å²) in [6, 6.07) is 7.52. The van der Waals surface area contributed by atoms with E-state index >= 15 is 0 Å². The maximum absolute atomic E-state index is 6.23. The molecule has 2 unspecified atom stereocenters. The summed E-state index contributed by atoms with van der Waals surface area (Å²) in [6.07, 6.45) is 3.18. The van der Waals surface area contributed by atoms with Gasteiger partial charge >= 0.3 is 0 Å².